The Kier molecular flexibility index (Phi) is 7.38. The molecule has 3 aromatic rings. The number of benzene rings is 2. The van der Waals surface area contributed by atoms with E-state index in [1.807, 2.05) is 59.5 Å². The maximum atomic E-state index is 12.7. The van der Waals surface area contributed by atoms with Gasteiger partial charge in [0.2, 0.25) is 5.88 Å². The molecule has 0 fully saturated rings. The lowest BCUT2D eigenvalue weighted by Crippen LogP contribution is -2.32. The minimum absolute atomic E-state index is 0.0666. The molecule has 1 heterocycles. The number of hydrogen-bond acceptors (Lipinski definition) is 5. The fourth-order valence-electron chi connectivity index (χ4n) is 3.17. The number of ether oxygens (including phenoxy) is 2. The van der Waals surface area contributed by atoms with Crippen molar-refractivity contribution < 1.29 is 14.3 Å². The van der Waals surface area contributed by atoms with Gasteiger partial charge in [0, 0.05) is 30.3 Å². The van der Waals surface area contributed by atoms with Crippen LogP contribution in [0.3, 0.4) is 0 Å². The normalized spacial score (nSPS) is 10.5. The Morgan fingerprint density at radius 3 is 2.10 bits per heavy atom. The van der Waals surface area contributed by atoms with E-state index in [2.05, 4.69) is 24.0 Å². The van der Waals surface area contributed by atoms with Crippen molar-refractivity contribution in [3.8, 4) is 28.6 Å². The summed E-state index contributed by atoms with van der Waals surface area (Å²) in [6.07, 6.45) is 1.89. The fourth-order valence-corrected chi connectivity index (χ4v) is 3.17. The number of aromatic nitrogens is 2. The third-order valence-corrected chi connectivity index (χ3v) is 4.63. The van der Waals surface area contributed by atoms with E-state index in [0.717, 1.165) is 31.5 Å². The zero-order valence-corrected chi connectivity index (χ0v) is 17.7. The van der Waals surface area contributed by atoms with Gasteiger partial charge in [-0.05, 0) is 43.2 Å². The summed E-state index contributed by atoms with van der Waals surface area (Å²) in [4.78, 5) is 14.6. The van der Waals surface area contributed by atoms with Crippen LogP contribution >= 0.6 is 0 Å². The highest BCUT2D eigenvalue weighted by molar-refractivity contribution is 5.94. The number of hydrogen-bond donors (Lipinski definition) is 0. The number of amides is 1. The molecule has 0 aliphatic rings. The molecule has 6 nitrogen and oxygen atoms in total. The quantitative estimate of drug-likeness (QED) is 0.489. The molecule has 0 atom stereocenters. The molecule has 156 valence electrons. The first-order valence-electron chi connectivity index (χ1n) is 10.2. The third-order valence-electron chi connectivity index (χ3n) is 4.63. The molecule has 6 heteroatoms. The molecule has 0 saturated heterocycles. The molecule has 0 saturated carbocycles. The van der Waals surface area contributed by atoms with E-state index in [9.17, 15) is 4.79 Å². The molecule has 1 amide bonds. The van der Waals surface area contributed by atoms with Gasteiger partial charge in [0.1, 0.15) is 0 Å². The monoisotopic (exact) mass is 405 g/mol. The van der Waals surface area contributed by atoms with Crippen LogP contribution in [0.5, 0.6) is 17.4 Å². The number of para-hydroxylation sites is 2. The largest absolute Gasteiger partial charge is 0.493 e. The van der Waals surface area contributed by atoms with E-state index >= 15 is 0 Å². The van der Waals surface area contributed by atoms with Crippen LogP contribution < -0.4 is 9.47 Å². The van der Waals surface area contributed by atoms with Crippen LogP contribution in [0.15, 0.2) is 60.7 Å². The second kappa shape index (κ2) is 10.4. The highest BCUT2D eigenvalue weighted by Crippen LogP contribution is 2.30. The minimum atomic E-state index is 0.0666. The first-order chi connectivity index (χ1) is 14.7. The Hall–Kier alpha value is -3.41. The van der Waals surface area contributed by atoms with Crippen molar-refractivity contribution in [1.29, 1.82) is 0 Å². The van der Waals surface area contributed by atoms with Gasteiger partial charge >= 0.3 is 0 Å². The topological polar surface area (TPSA) is 64.6 Å². The smallest absolute Gasteiger partial charge is 0.253 e. The number of nitrogens with zero attached hydrogens (tertiary/aromatic N) is 3. The first kappa shape index (κ1) is 21.3. The second-order valence-electron chi connectivity index (χ2n) is 6.88. The van der Waals surface area contributed by atoms with E-state index in [1.165, 1.54) is 0 Å². The van der Waals surface area contributed by atoms with Crippen molar-refractivity contribution in [3.63, 3.8) is 0 Å². The molecular formula is C24H27N3O3. The number of carbonyl (C=O) groups excluding carboxylic acids is 1. The number of methoxy groups -OCH3 is 1. The molecule has 2 aromatic carbocycles. The molecule has 0 unspecified atom stereocenters. The van der Waals surface area contributed by atoms with Gasteiger partial charge in [-0.25, -0.2) is 0 Å². The van der Waals surface area contributed by atoms with Crippen LogP contribution in [0.25, 0.3) is 11.3 Å². The standard InChI is InChI=1S/C24H27N3O3/c1-4-16-27(17-5-2)24(28)19-12-10-18(11-13-19)20-14-15-23(26-25-20)30-22-9-7-6-8-21(22)29-3/h6-15H,4-5,16-17H2,1-3H3. The molecule has 3 rings (SSSR count). The molecule has 0 bridgehead atoms. The zero-order chi connectivity index (χ0) is 21.3. The number of carbonyl (C=O) groups is 1. The molecule has 30 heavy (non-hydrogen) atoms. The summed E-state index contributed by atoms with van der Waals surface area (Å²) in [5.74, 6) is 1.65. The molecular weight excluding hydrogens is 378 g/mol. The summed E-state index contributed by atoms with van der Waals surface area (Å²) in [6.45, 7) is 5.71. The maximum Gasteiger partial charge on any atom is 0.253 e. The van der Waals surface area contributed by atoms with Gasteiger partial charge in [-0.2, -0.15) is 0 Å². The summed E-state index contributed by atoms with van der Waals surface area (Å²) < 4.78 is 11.0. The van der Waals surface area contributed by atoms with Crippen molar-refractivity contribution in [1.82, 2.24) is 15.1 Å². The Morgan fingerprint density at radius 2 is 1.53 bits per heavy atom. The molecule has 0 spiro atoms. The van der Waals surface area contributed by atoms with Crippen molar-refractivity contribution >= 4 is 5.91 Å². The Bertz CT molecular complexity index is 950. The van der Waals surface area contributed by atoms with Crippen molar-refractivity contribution in [2.24, 2.45) is 0 Å². The summed E-state index contributed by atoms with van der Waals surface area (Å²) in [6, 6.07) is 18.5. The lowest BCUT2D eigenvalue weighted by molar-refractivity contribution is 0.0755. The molecule has 0 N–H and O–H groups in total. The Morgan fingerprint density at radius 1 is 0.867 bits per heavy atom. The highest BCUT2D eigenvalue weighted by atomic mass is 16.5. The fraction of sp³-hybridized carbons (Fsp3) is 0.292. The van der Waals surface area contributed by atoms with E-state index in [0.29, 0.717) is 28.6 Å². The number of rotatable bonds is 9. The van der Waals surface area contributed by atoms with Crippen molar-refractivity contribution in [2.75, 3.05) is 20.2 Å². The molecule has 0 aliphatic carbocycles. The third kappa shape index (κ3) is 5.14. The van der Waals surface area contributed by atoms with Gasteiger partial charge in [0.15, 0.2) is 11.5 Å². The van der Waals surface area contributed by atoms with Gasteiger partial charge < -0.3 is 14.4 Å². The average Bonchev–Trinajstić information content (AvgIpc) is 2.79. The van der Waals surface area contributed by atoms with Crippen LogP contribution in [0, 0.1) is 0 Å². The van der Waals surface area contributed by atoms with Crippen LogP contribution in [-0.2, 0) is 0 Å². The van der Waals surface area contributed by atoms with Gasteiger partial charge in [-0.1, -0.05) is 38.1 Å². The Balaban J connectivity index is 1.71. The first-order valence-corrected chi connectivity index (χ1v) is 10.2. The van der Waals surface area contributed by atoms with E-state index in [4.69, 9.17) is 9.47 Å². The highest BCUT2D eigenvalue weighted by Gasteiger charge is 2.14. The van der Waals surface area contributed by atoms with E-state index in [1.54, 1.807) is 13.2 Å². The Labute approximate surface area is 177 Å². The SMILES string of the molecule is CCCN(CCC)C(=O)c1ccc(-c2ccc(Oc3ccccc3OC)nn2)cc1. The van der Waals surface area contributed by atoms with Gasteiger partial charge in [0.25, 0.3) is 5.91 Å². The van der Waals surface area contributed by atoms with Crippen molar-refractivity contribution in [2.45, 2.75) is 26.7 Å². The van der Waals surface area contributed by atoms with E-state index in [-0.39, 0.29) is 5.91 Å². The van der Waals surface area contributed by atoms with E-state index < -0.39 is 0 Å². The lowest BCUT2D eigenvalue weighted by Gasteiger charge is -2.21. The summed E-state index contributed by atoms with van der Waals surface area (Å²) >= 11 is 0. The molecule has 0 radical (unpaired) electrons. The summed E-state index contributed by atoms with van der Waals surface area (Å²) in [5.41, 5.74) is 2.28. The summed E-state index contributed by atoms with van der Waals surface area (Å²) in [5, 5.41) is 8.42. The lowest BCUT2D eigenvalue weighted by atomic mass is 10.1. The summed E-state index contributed by atoms with van der Waals surface area (Å²) in [7, 11) is 1.59. The van der Waals surface area contributed by atoms with Crippen LogP contribution in [0.4, 0.5) is 0 Å². The predicted molar refractivity (Wildman–Crippen MR) is 117 cm³/mol. The predicted octanol–water partition coefficient (Wildman–Crippen LogP) is 5.21. The van der Waals surface area contributed by atoms with Crippen molar-refractivity contribution in [3.05, 3.63) is 66.2 Å². The minimum Gasteiger partial charge on any atom is -0.493 e. The van der Waals surface area contributed by atoms with Gasteiger partial charge in [0.05, 0.1) is 12.8 Å². The van der Waals surface area contributed by atoms with Crippen LogP contribution in [0.1, 0.15) is 37.0 Å². The van der Waals surface area contributed by atoms with Gasteiger partial charge in [-0.3, -0.25) is 4.79 Å². The van der Waals surface area contributed by atoms with Crippen LogP contribution in [0.2, 0.25) is 0 Å². The van der Waals surface area contributed by atoms with Gasteiger partial charge in [-0.15, -0.1) is 10.2 Å². The molecule has 1 aromatic heterocycles. The van der Waals surface area contributed by atoms with Crippen LogP contribution in [-0.4, -0.2) is 41.2 Å². The second-order valence-corrected chi connectivity index (χ2v) is 6.88. The molecule has 0 aliphatic heterocycles. The average molecular weight is 405 g/mol. The maximum absolute atomic E-state index is 12.7. The zero-order valence-electron chi connectivity index (χ0n) is 17.7.